The number of aliphatic hydroxyl groups is 1. The first-order valence-electron chi connectivity index (χ1n) is 7.25. The number of hydrogen-bond acceptors (Lipinski definition) is 4. The van der Waals surface area contributed by atoms with Crippen molar-refractivity contribution in [1.29, 1.82) is 0 Å². The topological polar surface area (TPSA) is 75.4 Å². The highest BCUT2D eigenvalue weighted by Crippen LogP contribution is 2.30. The van der Waals surface area contributed by atoms with Crippen LogP contribution < -0.4 is 4.90 Å². The van der Waals surface area contributed by atoms with Gasteiger partial charge in [0, 0.05) is 5.39 Å². The van der Waals surface area contributed by atoms with Gasteiger partial charge < -0.3 is 5.11 Å². The van der Waals surface area contributed by atoms with Crippen molar-refractivity contribution in [2.75, 3.05) is 11.5 Å². The Labute approximate surface area is 131 Å². The van der Waals surface area contributed by atoms with Crippen LogP contribution in [0.15, 0.2) is 48.7 Å². The Morgan fingerprint density at radius 1 is 1.00 bits per heavy atom. The largest absolute Gasteiger partial charge is 0.394 e. The second-order valence-corrected chi connectivity index (χ2v) is 5.33. The van der Waals surface area contributed by atoms with Crippen LogP contribution >= 0.6 is 0 Å². The molecule has 0 bridgehead atoms. The standard InChI is InChI=1S/C17H13N3O3/c21-8-7-19-15-6-5-12(9-11(15)10-18-19)20-16(22)13-3-1-2-4-14(13)17(20)23/h1-6,9-10,21H,7-8H2. The lowest BCUT2D eigenvalue weighted by Crippen LogP contribution is -2.29. The minimum atomic E-state index is -0.312. The Bertz CT molecular complexity index is 910. The molecule has 1 N–H and O–H groups in total. The number of carbonyl (C=O) groups excluding carboxylic acids is 2. The average Bonchev–Trinajstić information content (AvgIpc) is 3.08. The zero-order chi connectivity index (χ0) is 16.0. The van der Waals surface area contributed by atoms with Gasteiger partial charge in [0.05, 0.1) is 41.7 Å². The van der Waals surface area contributed by atoms with E-state index in [0.717, 1.165) is 10.9 Å². The molecule has 23 heavy (non-hydrogen) atoms. The second kappa shape index (κ2) is 5.03. The van der Waals surface area contributed by atoms with Crippen molar-refractivity contribution >= 4 is 28.4 Å². The Hall–Kier alpha value is -2.99. The molecule has 0 saturated carbocycles. The van der Waals surface area contributed by atoms with E-state index < -0.39 is 0 Å². The lowest BCUT2D eigenvalue weighted by Gasteiger charge is -2.14. The van der Waals surface area contributed by atoms with Gasteiger partial charge in [0.15, 0.2) is 0 Å². The molecule has 1 aromatic heterocycles. The van der Waals surface area contributed by atoms with E-state index in [2.05, 4.69) is 5.10 Å². The summed E-state index contributed by atoms with van der Waals surface area (Å²) in [5.41, 5.74) is 2.22. The van der Waals surface area contributed by atoms with Crippen LogP contribution in [0.3, 0.4) is 0 Å². The molecule has 0 atom stereocenters. The van der Waals surface area contributed by atoms with Gasteiger partial charge in [-0.05, 0) is 30.3 Å². The summed E-state index contributed by atoms with van der Waals surface area (Å²) >= 11 is 0. The van der Waals surface area contributed by atoms with Crippen LogP contribution in [0, 0.1) is 0 Å². The maximum atomic E-state index is 12.5. The molecule has 3 aromatic rings. The predicted octanol–water partition coefficient (Wildman–Crippen LogP) is 1.83. The van der Waals surface area contributed by atoms with Crippen LogP contribution in [0.5, 0.6) is 0 Å². The fourth-order valence-electron chi connectivity index (χ4n) is 2.91. The third-order valence-electron chi connectivity index (χ3n) is 3.99. The summed E-state index contributed by atoms with van der Waals surface area (Å²) < 4.78 is 1.68. The summed E-state index contributed by atoms with van der Waals surface area (Å²) in [6.45, 7) is 0.396. The van der Waals surface area contributed by atoms with Gasteiger partial charge >= 0.3 is 0 Å². The van der Waals surface area contributed by atoms with Gasteiger partial charge in [-0.2, -0.15) is 5.10 Å². The molecule has 6 heteroatoms. The molecule has 2 amide bonds. The number of hydrogen-bond donors (Lipinski definition) is 1. The van der Waals surface area contributed by atoms with E-state index >= 15 is 0 Å². The maximum Gasteiger partial charge on any atom is 0.266 e. The SMILES string of the molecule is O=C1c2ccccc2C(=O)N1c1ccc2c(cnn2CCO)c1. The van der Waals surface area contributed by atoms with Crippen molar-refractivity contribution in [3.63, 3.8) is 0 Å². The molecule has 6 nitrogen and oxygen atoms in total. The minimum absolute atomic E-state index is 0.00304. The number of anilines is 1. The highest BCUT2D eigenvalue weighted by Gasteiger charge is 2.36. The van der Waals surface area contributed by atoms with E-state index in [4.69, 9.17) is 5.11 Å². The van der Waals surface area contributed by atoms with Crippen LogP contribution in [0.25, 0.3) is 10.9 Å². The van der Waals surface area contributed by atoms with E-state index in [-0.39, 0.29) is 18.4 Å². The minimum Gasteiger partial charge on any atom is -0.394 e. The summed E-state index contributed by atoms with van der Waals surface area (Å²) in [7, 11) is 0. The number of nitrogens with zero attached hydrogens (tertiary/aromatic N) is 3. The molecule has 1 aliphatic rings. The molecular formula is C17H13N3O3. The van der Waals surface area contributed by atoms with Crippen LogP contribution in [-0.2, 0) is 6.54 Å². The van der Waals surface area contributed by atoms with Gasteiger partial charge in [-0.15, -0.1) is 0 Å². The molecule has 0 spiro atoms. The van der Waals surface area contributed by atoms with Gasteiger partial charge in [-0.1, -0.05) is 12.1 Å². The highest BCUT2D eigenvalue weighted by molar-refractivity contribution is 6.34. The van der Waals surface area contributed by atoms with Gasteiger partial charge in [-0.25, -0.2) is 4.90 Å². The lowest BCUT2D eigenvalue weighted by atomic mass is 10.1. The fourth-order valence-corrected chi connectivity index (χ4v) is 2.91. The quantitative estimate of drug-likeness (QED) is 0.749. The maximum absolute atomic E-state index is 12.5. The van der Waals surface area contributed by atoms with Crippen molar-refractivity contribution in [1.82, 2.24) is 9.78 Å². The van der Waals surface area contributed by atoms with Crippen LogP contribution in [0.1, 0.15) is 20.7 Å². The van der Waals surface area contributed by atoms with E-state index in [9.17, 15) is 9.59 Å². The first-order chi connectivity index (χ1) is 11.2. The molecule has 114 valence electrons. The first kappa shape index (κ1) is 13.7. The van der Waals surface area contributed by atoms with Crippen molar-refractivity contribution in [3.8, 4) is 0 Å². The lowest BCUT2D eigenvalue weighted by molar-refractivity contribution is 0.0926. The number of fused-ring (bicyclic) bond motifs is 2. The molecule has 0 saturated heterocycles. The normalized spacial score (nSPS) is 13.9. The van der Waals surface area contributed by atoms with Gasteiger partial charge in [-0.3, -0.25) is 14.3 Å². The summed E-state index contributed by atoms with van der Waals surface area (Å²) in [4.78, 5) is 26.2. The van der Waals surface area contributed by atoms with Crippen molar-refractivity contribution in [3.05, 3.63) is 59.8 Å². The molecule has 0 fully saturated rings. The number of aliphatic hydroxyl groups excluding tert-OH is 1. The Morgan fingerprint density at radius 3 is 2.35 bits per heavy atom. The number of rotatable bonds is 3. The molecule has 2 aromatic carbocycles. The summed E-state index contributed by atoms with van der Waals surface area (Å²) in [6, 6.07) is 12.1. The fraction of sp³-hybridized carbons (Fsp3) is 0.118. The zero-order valence-electron chi connectivity index (χ0n) is 12.1. The van der Waals surface area contributed by atoms with Gasteiger partial charge in [0.2, 0.25) is 0 Å². The van der Waals surface area contributed by atoms with E-state index in [1.165, 1.54) is 4.90 Å². The average molecular weight is 307 g/mol. The molecule has 2 heterocycles. The first-order valence-corrected chi connectivity index (χ1v) is 7.25. The van der Waals surface area contributed by atoms with E-state index in [1.807, 2.05) is 0 Å². The van der Waals surface area contributed by atoms with Crippen LogP contribution in [0.2, 0.25) is 0 Å². The molecule has 4 rings (SSSR count). The van der Waals surface area contributed by atoms with Crippen molar-refractivity contribution in [2.24, 2.45) is 0 Å². The predicted molar refractivity (Wildman–Crippen MR) is 84.4 cm³/mol. The number of carbonyl (C=O) groups is 2. The molecular weight excluding hydrogens is 294 g/mol. The zero-order valence-corrected chi connectivity index (χ0v) is 12.1. The molecule has 1 aliphatic heterocycles. The number of amides is 2. The van der Waals surface area contributed by atoms with Gasteiger partial charge in [0.25, 0.3) is 11.8 Å². The van der Waals surface area contributed by atoms with E-state index in [0.29, 0.717) is 23.4 Å². The summed E-state index contributed by atoms with van der Waals surface area (Å²) in [6.07, 6.45) is 1.66. The number of imide groups is 1. The summed E-state index contributed by atoms with van der Waals surface area (Å²) in [5, 5.41) is 14.0. The monoisotopic (exact) mass is 307 g/mol. The van der Waals surface area contributed by atoms with Gasteiger partial charge in [0.1, 0.15) is 0 Å². The third kappa shape index (κ3) is 1.96. The van der Waals surface area contributed by atoms with E-state index in [1.54, 1.807) is 53.3 Å². The highest BCUT2D eigenvalue weighted by atomic mass is 16.3. The smallest absolute Gasteiger partial charge is 0.266 e. The number of benzene rings is 2. The van der Waals surface area contributed by atoms with Crippen LogP contribution in [-0.4, -0.2) is 33.3 Å². The Balaban J connectivity index is 1.78. The second-order valence-electron chi connectivity index (χ2n) is 5.33. The van der Waals surface area contributed by atoms with Crippen molar-refractivity contribution in [2.45, 2.75) is 6.54 Å². The Kier molecular flexibility index (Phi) is 2.99. The molecule has 0 aliphatic carbocycles. The number of aromatic nitrogens is 2. The van der Waals surface area contributed by atoms with Crippen molar-refractivity contribution < 1.29 is 14.7 Å². The van der Waals surface area contributed by atoms with Crippen LogP contribution in [0.4, 0.5) is 5.69 Å². The molecule has 0 radical (unpaired) electrons. The summed E-state index contributed by atoms with van der Waals surface area (Å²) in [5.74, 6) is -0.625. The Morgan fingerprint density at radius 2 is 1.70 bits per heavy atom. The molecule has 0 unspecified atom stereocenters. The third-order valence-corrected chi connectivity index (χ3v) is 3.99.